The van der Waals surface area contributed by atoms with Gasteiger partial charge in [-0.25, -0.2) is 4.39 Å². The second kappa shape index (κ2) is 7.35. The van der Waals surface area contributed by atoms with Gasteiger partial charge in [0.05, 0.1) is 10.1 Å². The summed E-state index contributed by atoms with van der Waals surface area (Å²) < 4.78 is 14.3. The fraction of sp³-hybridized carbons (Fsp3) is 0.273. The highest BCUT2D eigenvalue weighted by atomic mass is 35.5. The second-order valence-electron chi connectivity index (χ2n) is 6.48. The third-order valence-electron chi connectivity index (χ3n) is 4.91. The Bertz CT molecular complexity index is 891. The first kappa shape index (κ1) is 18.2. The van der Waals surface area contributed by atoms with Crippen LogP contribution in [0.1, 0.15) is 47.6 Å². The Balaban J connectivity index is 2.13. The Kier molecular flexibility index (Phi) is 5.36. The Morgan fingerprint density at radius 2 is 1.88 bits per heavy atom. The third kappa shape index (κ3) is 3.41. The SMILES string of the molecule is CCc1cc(C2=C(Cl)C(c3cccc(C)c3Cl)=CCC2)cc(F)c1C. The van der Waals surface area contributed by atoms with Gasteiger partial charge in [0.25, 0.3) is 0 Å². The highest BCUT2D eigenvalue weighted by Crippen LogP contribution is 2.42. The van der Waals surface area contributed by atoms with Crippen molar-refractivity contribution in [3.63, 3.8) is 0 Å². The van der Waals surface area contributed by atoms with E-state index in [4.69, 9.17) is 23.2 Å². The molecule has 25 heavy (non-hydrogen) atoms. The van der Waals surface area contributed by atoms with E-state index in [0.29, 0.717) is 5.03 Å². The van der Waals surface area contributed by atoms with Crippen molar-refractivity contribution in [1.29, 1.82) is 0 Å². The minimum Gasteiger partial charge on any atom is -0.207 e. The van der Waals surface area contributed by atoms with Crippen molar-refractivity contribution in [3.05, 3.63) is 80.1 Å². The summed E-state index contributed by atoms with van der Waals surface area (Å²) in [5.41, 5.74) is 6.51. The van der Waals surface area contributed by atoms with Crippen LogP contribution in [0.2, 0.25) is 5.02 Å². The zero-order valence-electron chi connectivity index (χ0n) is 14.7. The molecule has 0 amide bonds. The molecule has 0 aliphatic heterocycles. The van der Waals surface area contributed by atoms with Crippen LogP contribution in [0.4, 0.5) is 4.39 Å². The summed E-state index contributed by atoms with van der Waals surface area (Å²) in [6.45, 7) is 5.85. The lowest BCUT2D eigenvalue weighted by atomic mass is 9.88. The molecule has 0 N–H and O–H groups in total. The molecule has 3 heteroatoms. The molecule has 0 saturated heterocycles. The van der Waals surface area contributed by atoms with Gasteiger partial charge < -0.3 is 0 Å². The summed E-state index contributed by atoms with van der Waals surface area (Å²) in [4.78, 5) is 0. The summed E-state index contributed by atoms with van der Waals surface area (Å²) in [6.07, 6.45) is 4.59. The van der Waals surface area contributed by atoms with E-state index < -0.39 is 0 Å². The molecule has 0 saturated carbocycles. The van der Waals surface area contributed by atoms with Gasteiger partial charge in [-0.05, 0) is 72.6 Å². The first-order chi connectivity index (χ1) is 11.9. The van der Waals surface area contributed by atoms with Gasteiger partial charge in [-0.15, -0.1) is 0 Å². The highest BCUT2D eigenvalue weighted by Gasteiger charge is 2.20. The van der Waals surface area contributed by atoms with Crippen LogP contribution in [0.15, 0.2) is 41.4 Å². The molecule has 0 aromatic heterocycles. The number of benzene rings is 2. The van der Waals surface area contributed by atoms with E-state index in [-0.39, 0.29) is 5.82 Å². The first-order valence-corrected chi connectivity index (χ1v) is 9.33. The molecule has 1 aliphatic rings. The van der Waals surface area contributed by atoms with Gasteiger partial charge in [-0.2, -0.15) is 0 Å². The monoisotopic (exact) mass is 374 g/mol. The normalized spacial score (nSPS) is 14.7. The molecular weight excluding hydrogens is 354 g/mol. The van der Waals surface area contributed by atoms with Crippen LogP contribution in [0.3, 0.4) is 0 Å². The molecule has 0 nitrogen and oxygen atoms in total. The fourth-order valence-corrected chi connectivity index (χ4v) is 3.97. The number of allylic oxidation sites excluding steroid dienone is 4. The van der Waals surface area contributed by atoms with Gasteiger partial charge in [0.1, 0.15) is 5.82 Å². The van der Waals surface area contributed by atoms with E-state index >= 15 is 0 Å². The largest absolute Gasteiger partial charge is 0.207 e. The standard InChI is InChI=1S/C22H21Cl2F/c1-4-15-11-16(12-20(25)14(15)3)17-8-6-10-19(22(17)24)18-9-5-7-13(2)21(18)23/h5,7,9-12H,4,6,8H2,1-3H3. The molecule has 0 spiro atoms. The molecular formula is C22H21Cl2F. The van der Waals surface area contributed by atoms with Gasteiger partial charge in [0.15, 0.2) is 0 Å². The number of hydrogen-bond donors (Lipinski definition) is 0. The molecule has 0 unspecified atom stereocenters. The van der Waals surface area contributed by atoms with Crippen LogP contribution in [-0.2, 0) is 6.42 Å². The molecule has 2 aromatic rings. The molecule has 0 heterocycles. The number of rotatable bonds is 3. The quantitative estimate of drug-likeness (QED) is 0.521. The van der Waals surface area contributed by atoms with Crippen molar-refractivity contribution in [2.45, 2.75) is 40.0 Å². The summed E-state index contributed by atoms with van der Waals surface area (Å²) in [7, 11) is 0. The summed E-state index contributed by atoms with van der Waals surface area (Å²) in [6, 6.07) is 9.62. The van der Waals surface area contributed by atoms with Crippen LogP contribution >= 0.6 is 23.2 Å². The Hall–Kier alpha value is -1.57. The maximum atomic E-state index is 14.3. The minimum absolute atomic E-state index is 0.170. The van der Waals surface area contributed by atoms with Crippen LogP contribution < -0.4 is 0 Å². The van der Waals surface area contributed by atoms with Crippen LogP contribution in [0.25, 0.3) is 11.1 Å². The third-order valence-corrected chi connectivity index (χ3v) is 5.84. The van der Waals surface area contributed by atoms with Gasteiger partial charge >= 0.3 is 0 Å². The molecule has 0 fully saturated rings. The van der Waals surface area contributed by atoms with Crippen LogP contribution in [0.5, 0.6) is 0 Å². The van der Waals surface area contributed by atoms with E-state index in [9.17, 15) is 4.39 Å². The number of halogens is 3. The highest BCUT2D eigenvalue weighted by molar-refractivity contribution is 6.42. The van der Waals surface area contributed by atoms with Crippen LogP contribution in [0, 0.1) is 19.7 Å². The van der Waals surface area contributed by atoms with E-state index in [0.717, 1.165) is 63.2 Å². The van der Waals surface area contributed by atoms with Crippen molar-refractivity contribution >= 4 is 34.3 Å². The summed E-state index contributed by atoms with van der Waals surface area (Å²) in [5, 5.41) is 1.39. The maximum absolute atomic E-state index is 14.3. The zero-order valence-corrected chi connectivity index (χ0v) is 16.2. The lowest BCUT2D eigenvalue weighted by molar-refractivity contribution is 0.615. The minimum atomic E-state index is -0.170. The van der Waals surface area contributed by atoms with Crippen LogP contribution in [-0.4, -0.2) is 0 Å². The molecule has 0 atom stereocenters. The smallest absolute Gasteiger partial charge is 0.126 e. The van der Waals surface area contributed by atoms with Gasteiger partial charge in [0.2, 0.25) is 0 Å². The molecule has 130 valence electrons. The number of aryl methyl sites for hydroxylation is 2. The summed E-state index contributed by atoms with van der Waals surface area (Å²) in [5.74, 6) is -0.170. The average Bonchev–Trinajstić information content (AvgIpc) is 2.60. The van der Waals surface area contributed by atoms with Crippen molar-refractivity contribution in [1.82, 2.24) is 0 Å². The van der Waals surface area contributed by atoms with Crippen molar-refractivity contribution in [2.24, 2.45) is 0 Å². The zero-order chi connectivity index (χ0) is 18.1. The lowest BCUT2D eigenvalue weighted by Crippen LogP contribution is -2.01. The van der Waals surface area contributed by atoms with Crippen molar-refractivity contribution in [2.75, 3.05) is 0 Å². The Labute approximate surface area is 159 Å². The molecule has 3 rings (SSSR count). The average molecular weight is 375 g/mol. The molecule has 1 aliphatic carbocycles. The molecule has 0 radical (unpaired) electrons. The predicted molar refractivity (Wildman–Crippen MR) is 107 cm³/mol. The lowest BCUT2D eigenvalue weighted by Gasteiger charge is -2.21. The number of hydrogen-bond acceptors (Lipinski definition) is 0. The molecule has 2 aromatic carbocycles. The molecule has 0 bridgehead atoms. The van der Waals surface area contributed by atoms with Crippen molar-refractivity contribution < 1.29 is 4.39 Å². The second-order valence-corrected chi connectivity index (χ2v) is 7.24. The van der Waals surface area contributed by atoms with Crippen molar-refractivity contribution in [3.8, 4) is 0 Å². The van der Waals surface area contributed by atoms with Gasteiger partial charge in [-0.3, -0.25) is 0 Å². The topological polar surface area (TPSA) is 0 Å². The van der Waals surface area contributed by atoms with E-state index in [1.165, 1.54) is 0 Å². The maximum Gasteiger partial charge on any atom is 0.126 e. The predicted octanol–water partition coefficient (Wildman–Crippen LogP) is 7.49. The first-order valence-electron chi connectivity index (χ1n) is 8.58. The van der Waals surface area contributed by atoms with E-state index in [1.807, 2.05) is 39.0 Å². The van der Waals surface area contributed by atoms with E-state index in [2.05, 4.69) is 12.1 Å². The fourth-order valence-electron chi connectivity index (χ4n) is 3.35. The van der Waals surface area contributed by atoms with E-state index in [1.54, 1.807) is 6.07 Å². The Morgan fingerprint density at radius 3 is 2.60 bits per heavy atom. The summed E-state index contributed by atoms with van der Waals surface area (Å²) >= 11 is 13.3. The Morgan fingerprint density at radius 1 is 1.12 bits per heavy atom. The van der Waals surface area contributed by atoms with Gasteiger partial charge in [-0.1, -0.05) is 60.5 Å². The van der Waals surface area contributed by atoms with Gasteiger partial charge in [0, 0.05) is 5.56 Å².